The Morgan fingerprint density at radius 2 is 2.06 bits per heavy atom. The first-order chi connectivity index (χ1) is 7.86. The number of amides is 2. The minimum atomic E-state index is 0.0323. The number of benzene rings is 1. The van der Waals surface area contributed by atoms with Gasteiger partial charge in [0.25, 0.3) is 0 Å². The topological polar surface area (TPSA) is 44.4 Å². The number of rotatable bonds is 1. The fourth-order valence-corrected chi connectivity index (χ4v) is 2.58. The lowest BCUT2D eigenvalue weighted by Gasteiger charge is -2.30. The van der Waals surface area contributed by atoms with Gasteiger partial charge in [-0.05, 0) is 25.1 Å². The molecule has 0 aromatic heterocycles. The van der Waals surface area contributed by atoms with Gasteiger partial charge >= 0.3 is 6.03 Å². The molecule has 0 radical (unpaired) electrons. The molecule has 2 aliphatic heterocycles. The molecule has 2 fully saturated rings. The van der Waals surface area contributed by atoms with Crippen LogP contribution in [0.5, 0.6) is 0 Å². The van der Waals surface area contributed by atoms with E-state index in [4.69, 9.17) is 0 Å². The Labute approximate surface area is 94.6 Å². The molecule has 0 saturated carbocycles. The molecule has 0 bridgehead atoms. The van der Waals surface area contributed by atoms with Crippen molar-refractivity contribution in [2.24, 2.45) is 0 Å². The number of fused-ring (bicyclic) bond motifs is 1. The molecule has 3 rings (SSSR count). The van der Waals surface area contributed by atoms with Crippen LogP contribution in [0.1, 0.15) is 6.42 Å². The second-order valence-corrected chi connectivity index (χ2v) is 4.32. The number of nitrogens with zero attached hydrogens (tertiary/aromatic N) is 1. The highest BCUT2D eigenvalue weighted by Gasteiger charge is 2.41. The van der Waals surface area contributed by atoms with Gasteiger partial charge in [0.1, 0.15) is 0 Å². The van der Waals surface area contributed by atoms with Crippen LogP contribution in [-0.4, -0.2) is 31.2 Å². The van der Waals surface area contributed by atoms with Gasteiger partial charge in [-0.3, -0.25) is 4.90 Å². The normalized spacial score (nSPS) is 28.8. The summed E-state index contributed by atoms with van der Waals surface area (Å²) in [5, 5.41) is 6.34. The lowest BCUT2D eigenvalue weighted by molar-refractivity contribution is 0.251. The summed E-state index contributed by atoms with van der Waals surface area (Å²) in [5.41, 5.74) is 0.995. The summed E-state index contributed by atoms with van der Waals surface area (Å²) < 4.78 is 0. The van der Waals surface area contributed by atoms with Crippen LogP contribution in [0.2, 0.25) is 0 Å². The molecule has 4 heteroatoms. The number of hydrogen-bond donors (Lipinski definition) is 2. The Morgan fingerprint density at radius 1 is 1.25 bits per heavy atom. The van der Waals surface area contributed by atoms with Gasteiger partial charge in [0.05, 0.1) is 12.1 Å². The van der Waals surface area contributed by atoms with E-state index < -0.39 is 0 Å². The second-order valence-electron chi connectivity index (χ2n) is 4.32. The van der Waals surface area contributed by atoms with E-state index in [1.54, 1.807) is 0 Å². The Morgan fingerprint density at radius 3 is 2.88 bits per heavy atom. The SMILES string of the molecule is O=C1N[C@H]2CNCC[C@H]2N1c1ccccc1. The number of carbonyl (C=O) groups excluding carboxylic acids is 1. The minimum Gasteiger partial charge on any atom is -0.332 e. The first-order valence-electron chi connectivity index (χ1n) is 5.72. The van der Waals surface area contributed by atoms with Crippen molar-refractivity contribution in [1.82, 2.24) is 10.6 Å². The Kier molecular flexibility index (Phi) is 2.29. The highest BCUT2D eigenvalue weighted by atomic mass is 16.2. The molecule has 0 spiro atoms. The van der Waals surface area contributed by atoms with Crippen LogP contribution in [0.25, 0.3) is 0 Å². The van der Waals surface area contributed by atoms with E-state index in [0.29, 0.717) is 6.04 Å². The average Bonchev–Trinajstić information content (AvgIpc) is 2.66. The summed E-state index contributed by atoms with van der Waals surface area (Å²) in [6.07, 6.45) is 1.01. The van der Waals surface area contributed by atoms with E-state index >= 15 is 0 Å². The van der Waals surface area contributed by atoms with Gasteiger partial charge in [-0.1, -0.05) is 18.2 Å². The molecule has 1 aromatic carbocycles. The third-order valence-electron chi connectivity index (χ3n) is 3.34. The van der Waals surface area contributed by atoms with Crippen molar-refractivity contribution in [3.63, 3.8) is 0 Å². The van der Waals surface area contributed by atoms with Crippen LogP contribution in [0.3, 0.4) is 0 Å². The number of para-hydroxylation sites is 1. The number of urea groups is 1. The van der Waals surface area contributed by atoms with E-state index in [2.05, 4.69) is 10.6 Å². The number of anilines is 1. The maximum Gasteiger partial charge on any atom is 0.322 e. The van der Waals surface area contributed by atoms with Gasteiger partial charge in [0.2, 0.25) is 0 Å². The van der Waals surface area contributed by atoms with Gasteiger partial charge in [0.15, 0.2) is 0 Å². The average molecular weight is 217 g/mol. The molecule has 2 N–H and O–H groups in total. The number of hydrogen-bond acceptors (Lipinski definition) is 2. The van der Waals surface area contributed by atoms with Gasteiger partial charge < -0.3 is 10.6 Å². The van der Waals surface area contributed by atoms with Crippen LogP contribution in [-0.2, 0) is 0 Å². The zero-order valence-corrected chi connectivity index (χ0v) is 9.02. The molecule has 2 atom stereocenters. The predicted molar refractivity (Wildman–Crippen MR) is 62.5 cm³/mol. The van der Waals surface area contributed by atoms with E-state index in [0.717, 1.165) is 25.2 Å². The van der Waals surface area contributed by atoms with Crippen molar-refractivity contribution in [1.29, 1.82) is 0 Å². The van der Waals surface area contributed by atoms with Crippen molar-refractivity contribution in [3.05, 3.63) is 30.3 Å². The zero-order chi connectivity index (χ0) is 11.0. The summed E-state index contributed by atoms with van der Waals surface area (Å²) >= 11 is 0. The summed E-state index contributed by atoms with van der Waals surface area (Å²) in [7, 11) is 0. The monoisotopic (exact) mass is 217 g/mol. The van der Waals surface area contributed by atoms with Gasteiger partial charge in [-0.25, -0.2) is 4.79 Å². The summed E-state index contributed by atoms with van der Waals surface area (Å²) in [6.45, 7) is 1.86. The van der Waals surface area contributed by atoms with Crippen molar-refractivity contribution in [2.45, 2.75) is 18.5 Å². The Hall–Kier alpha value is -1.55. The van der Waals surface area contributed by atoms with E-state index in [1.807, 2.05) is 35.2 Å². The maximum atomic E-state index is 11.9. The highest BCUT2D eigenvalue weighted by Crippen LogP contribution is 2.26. The molecule has 2 aliphatic rings. The van der Waals surface area contributed by atoms with Gasteiger partial charge in [-0.2, -0.15) is 0 Å². The van der Waals surface area contributed by atoms with E-state index in [-0.39, 0.29) is 12.1 Å². The zero-order valence-electron chi connectivity index (χ0n) is 9.02. The smallest absolute Gasteiger partial charge is 0.322 e. The van der Waals surface area contributed by atoms with Crippen molar-refractivity contribution in [2.75, 3.05) is 18.0 Å². The Balaban J connectivity index is 1.91. The fourth-order valence-electron chi connectivity index (χ4n) is 2.58. The predicted octanol–water partition coefficient (Wildman–Crippen LogP) is 0.947. The summed E-state index contributed by atoms with van der Waals surface area (Å²) in [4.78, 5) is 13.8. The van der Waals surface area contributed by atoms with E-state index in [1.165, 1.54) is 0 Å². The third kappa shape index (κ3) is 1.46. The first kappa shape index (κ1) is 9.66. The van der Waals surface area contributed by atoms with Gasteiger partial charge in [0, 0.05) is 12.2 Å². The Bertz CT molecular complexity index is 393. The van der Waals surface area contributed by atoms with Crippen LogP contribution < -0.4 is 15.5 Å². The number of carbonyl (C=O) groups is 1. The third-order valence-corrected chi connectivity index (χ3v) is 3.34. The lowest BCUT2D eigenvalue weighted by atomic mass is 10.0. The standard InChI is InChI=1S/C12H15N3O/c16-12-14-10-8-13-7-6-11(10)15(12)9-4-2-1-3-5-9/h1-5,10-11,13H,6-8H2,(H,14,16)/t10-,11+/m0/s1. The molecular weight excluding hydrogens is 202 g/mol. The largest absolute Gasteiger partial charge is 0.332 e. The number of nitrogens with one attached hydrogen (secondary N) is 2. The van der Waals surface area contributed by atoms with Crippen molar-refractivity contribution in [3.8, 4) is 0 Å². The van der Waals surface area contributed by atoms with Gasteiger partial charge in [-0.15, -0.1) is 0 Å². The van der Waals surface area contributed by atoms with Crippen molar-refractivity contribution >= 4 is 11.7 Å². The lowest BCUT2D eigenvalue weighted by Crippen LogP contribution is -2.49. The fraction of sp³-hybridized carbons (Fsp3) is 0.417. The highest BCUT2D eigenvalue weighted by molar-refractivity contribution is 5.95. The molecule has 0 aliphatic carbocycles. The summed E-state index contributed by atoms with van der Waals surface area (Å²) in [5.74, 6) is 0. The van der Waals surface area contributed by atoms with Crippen LogP contribution in [0.15, 0.2) is 30.3 Å². The summed E-state index contributed by atoms with van der Waals surface area (Å²) in [6, 6.07) is 10.5. The van der Waals surface area contributed by atoms with Crippen molar-refractivity contribution < 1.29 is 4.79 Å². The second kappa shape index (κ2) is 3.79. The quantitative estimate of drug-likeness (QED) is 0.735. The molecule has 84 valence electrons. The molecule has 2 heterocycles. The molecule has 2 amide bonds. The maximum absolute atomic E-state index is 11.9. The number of piperidine rings is 1. The van der Waals surface area contributed by atoms with Crippen LogP contribution >= 0.6 is 0 Å². The van der Waals surface area contributed by atoms with Crippen LogP contribution in [0, 0.1) is 0 Å². The molecule has 1 aromatic rings. The van der Waals surface area contributed by atoms with E-state index in [9.17, 15) is 4.79 Å². The molecular formula is C12H15N3O. The molecule has 4 nitrogen and oxygen atoms in total. The molecule has 16 heavy (non-hydrogen) atoms. The molecule has 0 unspecified atom stereocenters. The first-order valence-corrected chi connectivity index (χ1v) is 5.72. The minimum absolute atomic E-state index is 0.0323. The molecule has 2 saturated heterocycles. The van der Waals surface area contributed by atoms with Crippen LogP contribution in [0.4, 0.5) is 10.5 Å².